The molecule has 0 atom stereocenters. The van der Waals surface area contributed by atoms with Crippen molar-refractivity contribution in [1.29, 1.82) is 0 Å². The molecule has 1 aromatic rings. The summed E-state index contributed by atoms with van der Waals surface area (Å²) in [6.45, 7) is 0. The molecule has 1 nitrogen and oxygen atoms in total. The maximum Gasteiger partial charge on any atom is 0.496 e. The van der Waals surface area contributed by atoms with Crippen molar-refractivity contribution >= 4 is 39.8 Å². The highest BCUT2D eigenvalue weighted by Gasteiger charge is 2.00. The average Bonchev–Trinajstić information content (AvgIpc) is 1.95. The van der Waals surface area contributed by atoms with Crippen LogP contribution in [0, 0.1) is 0 Å². The fraction of sp³-hybridized carbons (Fsp3) is 0. The fourth-order valence-corrected chi connectivity index (χ4v) is 1.48. The maximum absolute atomic E-state index is 5.76. The van der Waals surface area contributed by atoms with Crippen LogP contribution in [0.2, 0.25) is 10.0 Å². The molecule has 0 aliphatic carbocycles. The van der Waals surface area contributed by atoms with Crippen molar-refractivity contribution < 1.29 is 3.79 Å². The van der Waals surface area contributed by atoms with Crippen LogP contribution >= 0.6 is 23.2 Å². The summed E-state index contributed by atoms with van der Waals surface area (Å²) in [5, 5.41) is 1.04. The third-order valence-electron chi connectivity index (χ3n) is 1.14. The average molecular weight is 191 g/mol. The van der Waals surface area contributed by atoms with Crippen molar-refractivity contribution in [3.05, 3.63) is 28.2 Å². The van der Waals surface area contributed by atoms with E-state index in [4.69, 9.17) is 27.0 Å². The summed E-state index contributed by atoms with van der Waals surface area (Å²) in [7, 11) is 0. The molecule has 0 N–H and O–H groups in total. The molecule has 1 aromatic carbocycles. The van der Waals surface area contributed by atoms with Crippen LogP contribution in [0.5, 0.6) is 5.75 Å². The van der Waals surface area contributed by atoms with E-state index in [1.807, 2.05) is 0 Å². The second-order valence-electron chi connectivity index (χ2n) is 1.76. The topological polar surface area (TPSA) is 9.23 Å². The second-order valence-corrected chi connectivity index (χ2v) is 2.95. The standard InChI is InChI=1S/C6H4Cl2O.Al.2H/c7-4-2-1-3-5(9)6(4)8;;;/h1-3,9H;;;/q;+1;;/p-1. The molecule has 0 aliphatic rings. The lowest BCUT2D eigenvalue weighted by Crippen LogP contribution is -1.85. The van der Waals surface area contributed by atoms with E-state index in [0.29, 0.717) is 32.4 Å². The zero-order valence-corrected chi connectivity index (χ0v) is 8.91. The third-order valence-corrected chi connectivity index (χ3v) is 2.38. The molecule has 0 saturated heterocycles. The number of hydrogen-bond donors (Lipinski definition) is 0. The van der Waals surface area contributed by atoms with Gasteiger partial charge in [-0.1, -0.05) is 29.3 Å². The van der Waals surface area contributed by atoms with Crippen molar-refractivity contribution in [3.8, 4) is 5.75 Å². The maximum atomic E-state index is 5.76. The summed E-state index contributed by atoms with van der Waals surface area (Å²) in [6, 6.07) is 5.33. The molecule has 52 valence electrons. The molecule has 0 amide bonds. The molecule has 1 rings (SSSR count). The molecule has 0 aliphatic heterocycles. The highest BCUT2D eigenvalue weighted by molar-refractivity contribution is 6.43. The smallest absolute Gasteiger partial charge is 0.496 e. The number of benzene rings is 1. The largest absolute Gasteiger partial charge is 0.646 e. The first kappa shape index (κ1) is 8.23. The van der Waals surface area contributed by atoms with Crippen molar-refractivity contribution in [2.45, 2.75) is 0 Å². The molecule has 4 heteroatoms. The minimum Gasteiger partial charge on any atom is -0.646 e. The van der Waals surface area contributed by atoms with E-state index >= 15 is 0 Å². The van der Waals surface area contributed by atoms with Gasteiger partial charge in [-0.25, -0.2) is 0 Å². The van der Waals surface area contributed by atoms with Crippen LogP contribution in [0.4, 0.5) is 0 Å². The van der Waals surface area contributed by atoms with Gasteiger partial charge >= 0.3 is 16.6 Å². The molecule has 0 spiro atoms. The molecular formula is C6H5AlCl2O. The van der Waals surface area contributed by atoms with Gasteiger partial charge in [-0.3, -0.25) is 0 Å². The summed E-state index contributed by atoms with van der Waals surface area (Å²) in [6.07, 6.45) is 0. The van der Waals surface area contributed by atoms with Gasteiger partial charge in [0.25, 0.3) is 0 Å². The molecule has 0 heterocycles. The number of halogens is 2. The van der Waals surface area contributed by atoms with Crippen LogP contribution in [0.15, 0.2) is 18.2 Å². The molecule has 0 saturated carbocycles. The molecular weight excluding hydrogens is 186 g/mol. The van der Waals surface area contributed by atoms with E-state index in [9.17, 15) is 0 Å². The van der Waals surface area contributed by atoms with E-state index in [1.54, 1.807) is 18.2 Å². The van der Waals surface area contributed by atoms with Gasteiger partial charge in [0.05, 0.1) is 10.0 Å². The van der Waals surface area contributed by atoms with Crippen molar-refractivity contribution in [2.75, 3.05) is 0 Å². The van der Waals surface area contributed by atoms with Crippen LogP contribution in [-0.4, -0.2) is 16.6 Å². The predicted octanol–water partition coefficient (Wildman–Crippen LogP) is 1.92. The number of hydrogen-bond acceptors (Lipinski definition) is 1. The SMILES string of the molecule is [AlH2][O]c1cccc(Cl)c1Cl. The zero-order chi connectivity index (χ0) is 7.56. The summed E-state index contributed by atoms with van der Waals surface area (Å²) >= 11 is 12.1. The molecule has 10 heavy (non-hydrogen) atoms. The van der Waals surface area contributed by atoms with Gasteiger partial charge < -0.3 is 3.79 Å². The normalized spacial score (nSPS) is 9.40. The quantitative estimate of drug-likeness (QED) is 0.616. The Labute approximate surface area is 77.7 Å². The minimum absolute atomic E-state index is 0.499. The van der Waals surface area contributed by atoms with Crippen LogP contribution < -0.4 is 3.79 Å². The van der Waals surface area contributed by atoms with Crippen LogP contribution in [-0.2, 0) is 0 Å². The lowest BCUT2D eigenvalue weighted by Gasteiger charge is -2.04. The first-order valence-corrected chi connectivity index (χ1v) is 4.31. The van der Waals surface area contributed by atoms with Crippen LogP contribution in [0.25, 0.3) is 0 Å². The van der Waals surface area contributed by atoms with E-state index in [-0.39, 0.29) is 0 Å². The lowest BCUT2D eigenvalue weighted by atomic mass is 10.3. The Morgan fingerprint density at radius 1 is 1.30 bits per heavy atom. The highest BCUT2D eigenvalue weighted by atomic mass is 35.5. The monoisotopic (exact) mass is 190 g/mol. The fourth-order valence-electron chi connectivity index (χ4n) is 0.642. The van der Waals surface area contributed by atoms with Crippen molar-refractivity contribution in [3.63, 3.8) is 0 Å². The third kappa shape index (κ3) is 1.59. The van der Waals surface area contributed by atoms with E-state index in [0.717, 1.165) is 0 Å². The van der Waals surface area contributed by atoms with Crippen LogP contribution in [0.3, 0.4) is 0 Å². The first-order chi connectivity index (χ1) is 4.75. The predicted molar refractivity (Wildman–Crippen MR) is 45.6 cm³/mol. The van der Waals surface area contributed by atoms with Crippen molar-refractivity contribution in [1.82, 2.24) is 0 Å². The van der Waals surface area contributed by atoms with Gasteiger partial charge in [0.1, 0.15) is 5.75 Å². The molecule has 0 fully saturated rings. The molecule has 0 unspecified atom stereocenters. The molecule has 0 bridgehead atoms. The Balaban J connectivity index is 3.14. The van der Waals surface area contributed by atoms with Gasteiger partial charge in [-0.15, -0.1) is 0 Å². The summed E-state index contributed by atoms with van der Waals surface area (Å²) in [4.78, 5) is 0. The van der Waals surface area contributed by atoms with E-state index in [1.165, 1.54) is 0 Å². The van der Waals surface area contributed by atoms with Gasteiger partial charge in [-0.2, -0.15) is 0 Å². The second kappa shape index (κ2) is 3.50. The Bertz CT molecular complexity index is 239. The Morgan fingerprint density at radius 3 is 2.50 bits per heavy atom. The van der Waals surface area contributed by atoms with Gasteiger partial charge in [0.15, 0.2) is 0 Å². The zero-order valence-electron chi connectivity index (χ0n) is 5.40. The summed E-state index contributed by atoms with van der Waals surface area (Å²) in [5.74, 6) is 0.667. The van der Waals surface area contributed by atoms with Gasteiger partial charge in [0.2, 0.25) is 0 Å². The molecule has 0 radical (unpaired) electrons. The Hall–Kier alpha value is 0.132. The highest BCUT2D eigenvalue weighted by Crippen LogP contribution is 2.30. The van der Waals surface area contributed by atoms with Crippen molar-refractivity contribution in [2.24, 2.45) is 0 Å². The van der Waals surface area contributed by atoms with Crippen LogP contribution in [0.1, 0.15) is 0 Å². The Morgan fingerprint density at radius 2 is 2.00 bits per heavy atom. The summed E-state index contributed by atoms with van der Waals surface area (Å²) in [5.41, 5.74) is 0. The van der Waals surface area contributed by atoms with Gasteiger partial charge in [-0.05, 0) is 12.1 Å². The van der Waals surface area contributed by atoms with E-state index in [2.05, 4.69) is 0 Å². The van der Waals surface area contributed by atoms with E-state index < -0.39 is 0 Å². The first-order valence-electron chi connectivity index (χ1n) is 2.73. The molecule has 0 aromatic heterocycles. The van der Waals surface area contributed by atoms with Gasteiger partial charge in [0, 0.05) is 0 Å². The Kier molecular flexibility index (Phi) is 2.88. The lowest BCUT2D eigenvalue weighted by molar-refractivity contribution is 0.616. The number of rotatable bonds is 1. The summed E-state index contributed by atoms with van der Waals surface area (Å²) < 4.78 is 5.05. The minimum atomic E-state index is 0.499.